The molecule has 0 aliphatic carbocycles. The van der Waals surface area contributed by atoms with Gasteiger partial charge in [-0.3, -0.25) is 19.3 Å². The van der Waals surface area contributed by atoms with E-state index in [2.05, 4.69) is 60.7 Å². The number of ether oxygens (including phenoxy) is 4. The van der Waals surface area contributed by atoms with Gasteiger partial charge in [-0.1, -0.05) is 7.43 Å². The van der Waals surface area contributed by atoms with Crippen molar-refractivity contribution in [2.45, 2.75) is 111 Å². The number of nitrogens with one attached hydrogen (secondary N) is 4. The Morgan fingerprint density at radius 3 is 1.02 bits per heavy atom. The third-order valence-corrected chi connectivity index (χ3v) is 7.47. The normalized spacial score (nSPS) is 15.5. The molecule has 1 aliphatic heterocycles. The van der Waals surface area contributed by atoms with E-state index in [4.69, 9.17) is 55.3 Å². The molecule has 0 bridgehead atoms. The van der Waals surface area contributed by atoms with E-state index in [0.29, 0.717) is 59.3 Å². The second-order valence-corrected chi connectivity index (χ2v) is 13.9. The van der Waals surface area contributed by atoms with Gasteiger partial charge in [0, 0.05) is 74.1 Å². The van der Waals surface area contributed by atoms with Gasteiger partial charge in [-0.2, -0.15) is 0 Å². The molecule has 19 heteroatoms. The molecule has 0 saturated heterocycles. The van der Waals surface area contributed by atoms with Gasteiger partial charge in [0.1, 0.15) is 33.2 Å². The lowest BCUT2D eigenvalue weighted by Gasteiger charge is -2.35. The second kappa shape index (κ2) is 54.0. The number of rotatable bonds is 28. The van der Waals surface area contributed by atoms with Crippen LogP contribution in [-0.2, 0) is 52.5 Å². The van der Waals surface area contributed by atoms with Crippen molar-refractivity contribution >= 4 is 44.9 Å². The summed E-state index contributed by atoms with van der Waals surface area (Å²) >= 11 is 0. The number of imide groups is 1. The van der Waals surface area contributed by atoms with Crippen LogP contribution in [-0.4, -0.2) is 171 Å². The number of hydrogen-bond acceptors (Lipinski definition) is 17. The van der Waals surface area contributed by atoms with Crippen molar-refractivity contribution in [3.8, 4) is 0 Å². The van der Waals surface area contributed by atoms with Crippen LogP contribution in [0.15, 0.2) is 51.6 Å². The topological polar surface area (TPSA) is 286 Å². The van der Waals surface area contributed by atoms with Crippen LogP contribution in [0.2, 0.25) is 0 Å². The van der Waals surface area contributed by atoms with E-state index < -0.39 is 35.2 Å². The summed E-state index contributed by atoms with van der Waals surface area (Å²) < 4.78 is 24.9. The van der Waals surface area contributed by atoms with Crippen LogP contribution < -0.4 is 38.5 Å². The minimum atomic E-state index is -0.953. The zero-order valence-electron chi connectivity index (χ0n) is 39.3. The molecule has 0 aromatic rings. The van der Waals surface area contributed by atoms with Crippen LogP contribution in [0, 0.1) is 5.41 Å². The minimum Gasteiger partial charge on any atom is -0.379 e. The molecule has 1 heterocycles. The van der Waals surface area contributed by atoms with Gasteiger partial charge in [0.05, 0.1) is 58.3 Å². The lowest BCUT2D eigenvalue weighted by atomic mass is 9.92. The Bertz CT molecular complexity index is 995. The fourth-order valence-corrected chi connectivity index (χ4v) is 4.71. The maximum atomic E-state index is 12.9. The standard InChI is InChI=1S/C33H66N8O7.3C2H4.4CH2O.CH4/c1-22(34)11-37-25(4)14-45-18-33(19-46-15-26(5)38-12-23(2)35,20-47-16-27(6)39-13-24(3)36)21-48-17-28(7)40-32(44)29(8)41-30(42)9-10-31(41)43;7*1-2;/h9-10,22-29,37-39H,11-21,34-36H2,1-8H3,(H,40,44);3*1-2H2;4*1H2;1H4. The van der Waals surface area contributed by atoms with Gasteiger partial charge in [0.2, 0.25) is 5.91 Å². The smallest absolute Gasteiger partial charge is 0.254 e. The lowest BCUT2D eigenvalue weighted by Crippen LogP contribution is -2.51. The third kappa shape index (κ3) is 44.3. The Labute approximate surface area is 380 Å². The molecule has 19 nitrogen and oxygen atoms in total. The summed E-state index contributed by atoms with van der Waals surface area (Å²) in [6.07, 6.45) is 2.32. The Balaban J connectivity index is -0.000000304. The summed E-state index contributed by atoms with van der Waals surface area (Å²) in [6, 6.07) is -1.07. The number of amides is 3. The number of hydrogen-bond donors (Lipinski definition) is 7. The summed E-state index contributed by atoms with van der Waals surface area (Å²) in [5.41, 5.74) is 17.0. The van der Waals surface area contributed by atoms with Gasteiger partial charge < -0.3 is 76.6 Å². The van der Waals surface area contributed by atoms with Crippen LogP contribution in [0.5, 0.6) is 0 Å². The Morgan fingerprint density at radius 1 is 0.540 bits per heavy atom. The van der Waals surface area contributed by atoms with Crippen molar-refractivity contribution in [3.05, 3.63) is 51.6 Å². The minimum absolute atomic E-state index is 0. The highest BCUT2D eigenvalue weighted by atomic mass is 16.5. The van der Waals surface area contributed by atoms with Crippen molar-refractivity contribution in [1.29, 1.82) is 0 Å². The Kier molecular flexibility index (Phi) is 65.3. The molecule has 0 radical (unpaired) electrons. The molecule has 10 N–H and O–H groups in total. The molecular formula is C44H90N8O11. The van der Waals surface area contributed by atoms with Gasteiger partial charge >= 0.3 is 0 Å². The summed E-state index contributed by atoms with van der Waals surface area (Å²) in [5, 5.41) is 13.0. The van der Waals surface area contributed by atoms with Gasteiger partial charge in [-0.25, -0.2) is 0 Å². The van der Waals surface area contributed by atoms with Crippen molar-refractivity contribution in [1.82, 2.24) is 26.2 Å². The van der Waals surface area contributed by atoms with Crippen LogP contribution in [0.3, 0.4) is 0 Å². The van der Waals surface area contributed by atoms with Gasteiger partial charge in [0.25, 0.3) is 11.8 Å². The average molecular weight is 907 g/mol. The van der Waals surface area contributed by atoms with Crippen LogP contribution >= 0.6 is 0 Å². The first-order chi connectivity index (χ1) is 29.5. The molecule has 63 heavy (non-hydrogen) atoms. The van der Waals surface area contributed by atoms with Gasteiger partial charge in [-0.15, -0.1) is 39.5 Å². The van der Waals surface area contributed by atoms with E-state index in [0.717, 1.165) is 17.1 Å². The number of carbonyl (C=O) groups is 7. The zero-order valence-corrected chi connectivity index (χ0v) is 39.3. The molecule has 8 atom stereocenters. The predicted molar refractivity (Wildman–Crippen MR) is 256 cm³/mol. The summed E-state index contributed by atoms with van der Waals surface area (Å²) in [7, 11) is 0. The van der Waals surface area contributed by atoms with Crippen LogP contribution in [0.1, 0.15) is 62.8 Å². The maximum Gasteiger partial charge on any atom is 0.254 e. The van der Waals surface area contributed by atoms with Crippen LogP contribution in [0.4, 0.5) is 0 Å². The van der Waals surface area contributed by atoms with Crippen molar-refractivity contribution in [2.24, 2.45) is 22.6 Å². The summed E-state index contributed by atoms with van der Waals surface area (Å²) in [4.78, 5) is 69.8. The maximum absolute atomic E-state index is 12.9. The van der Waals surface area contributed by atoms with E-state index in [1.807, 2.05) is 68.7 Å². The monoisotopic (exact) mass is 907 g/mol. The molecule has 1 aliphatic rings. The Hall–Kier alpha value is -4.15. The average Bonchev–Trinajstić information content (AvgIpc) is 3.62. The third-order valence-electron chi connectivity index (χ3n) is 7.47. The van der Waals surface area contributed by atoms with Gasteiger partial charge in [0.15, 0.2) is 0 Å². The first-order valence-electron chi connectivity index (χ1n) is 19.8. The van der Waals surface area contributed by atoms with Crippen molar-refractivity contribution < 1.29 is 52.5 Å². The molecule has 0 saturated carbocycles. The molecule has 3 amide bonds. The highest BCUT2D eigenvalue weighted by Gasteiger charge is 2.35. The SMILES string of the molecule is C.C=C.C=C.C=C.C=O.C=O.C=O.C=O.CC(N)CNC(C)COCC(COCC(C)NCC(C)N)(COCC(C)NCC(C)N)COCC(C)NC(=O)C(C)N1C(=O)C=CC1=O. The second-order valence-electron chi connectivity index (χ2n) is 13.9. The van der Waals surface area contributed by atoms with E-state index in [1.165, 1.54) is 6.92 Å². The quantitative estimate of drug-likeness (QED) is 0.0428. The van der Waals surface area contributed by atoms with Crippen molar-refractivity contribution in [2.75, 3.05) is 72.5 Å². The molecule has 8 unspecified atom stereocenters. The summed E-state index contributed by atoms with van der Waals surface area (Å²) in [5.74, 6) is -1.47. The molecule has 0 aromatic heterocycles. The van der Waals surface area contributed by atoms with E-state index >= 15 is 0 Å². The highest BCUT2D eigenvalue weighted by Crippen LogP contribution is 2.22. The molecule has 1 rings (SSSR count). The van der Waals surface area contributed by atoms with E-state index in [9.17, 15) is 14.4 Å². The fourth-order valence-electron chi connectivity index (χ4n) is 4.71. The van der Waals surface area contributed by atoms with Crippen LogP contribution in [0.25, 0.3) is 0 Å². The number of carbonyl (C=O) groups excluding carboxylic acids is 7. The van der Waals surface area contributed by atoms with Crippen molar-refractivity contribution in [3.63, 3.8) is 0 Å². The molecule has 0 fully saturated rings. The largest absolute Gasteiger partial charge is 0.379 e. The Morgan fingerprint density at radius 2 is 0.778 bits per heavy atom. The van der Waals surface area contributed by atoms with E-state index in [1.54, 1.807) is 6.92 Å². The zero-order chi connectivity index (χ0) is 50.3. The fraction of sp³-hybridized carbons (Fsp3) is 0.659. The number of nitrogens with two attached hydrogens (primary N) is 3. The highest BCUT2D eigenvalue weighted by molar-refractivity contribution is 6.15. The molecule has 0 aromatic carbocycles. The molecule has 372 valence electrons. The number of nitrogens with zero attached hydrogens (tertiary/aromatic N) is 1. The van der Waals surface area contributed by atoms with E-state index in [-0.39, 0.29) is 56.9 Å². The predicted octanol–water partition coefficient (Wildman–Crippen LogP) is 1.14. The molecule has 0 spiro atoms. The first kappa shape index (κ1) is 76.2. The van der Waals surface area contributed by atoms with Gasteiger partial charge in [-0.05, 0) is 55.4 Å². The lowest BCUT2D eigenvalue weighted by molar-refractivity contribution is -0.145. The summed E-state index contributed by atoms with van der Waals surface area (Å²) in [6.45, 7) is 45.9. The molecular weight excluding hydrogens is 817 g/mol. The first-order valence-corrected chi connectivity index (χ1v) is 19.8.